The van der Waals surface area contributed by atoms with Crippen molar-refractivity contribution in [1.82, 2.24) is 13.7 Å². The average Bonchev–Trinajstić information content (AvgIpc) is 1.58. The highest BCUT2D eigenvalue weighted by Gasteiger charge is 2.27. The fourth-order valence-electron chi connectivity index (χ4n) is 20.5. The topological polar surface area (TPSA) is 38.6 Å². The summed E-state index contributed by atoms with van der Waals surface area (Å²) in [6.45, 7) is 0. The Morgan fingerprint density at radius 3 is 0.736 bits per heavy atom. The SMILES string of the molecule is N#Cc1ccc(-n2c3ccccc3c3c4c5ccccc5c(-c5ccccc5)cc4c4ccccc4c32)cc1.c1ccc(-c2ccc(-n3c4ccccc4c4c5c6ccccc6c(-c6ccccc6)cc5c5ccccc5c43)cc2)cc1.c1ccc(-c2cccc(-n3c4ccccc4c4c5c6ccccc6c(-c6ccccc6)cc5c5ccccc5c43)c2)cc1. The second kappa shape index (κ2) is 29.9. The van der Waals surface area contributed by atoms with Crippen LogP contribution in [0.5, 0.6) is 0 Å². The van der Waals surface area contributed by atoms with Gasteiger partial charge in [-0.25, -0.2) is 0 Å². The second-order valence-electron chi connectivity index (χ2n) is 32.6. The number of hydrogen-bond donors (Lipinski definition) is 0. The lowest BCUT2D eigenvalue weighted by Gasteiger charge is -2.16. The fraction of sp³-hybridized carbons (Fsp3) is 0. The molecule has 3 heterocycles. The van der Waals surface area contributed by atoms with Crippen LogP contribution in [0.1, 0.15) is 5.56 Å². The molecule has 26 aromatic rings. The van der Waals surface area contributed by atoms with Gasteiger partial charge in [0.1, 0.15) is 0 Å². The molecule has 0 aliphatic carbocycles. The first kappa shape index (κ1) is 72.3. The van der Waals surface area contributed by atoms with E-state index in [0.717, 1.165) is 11.2 Å². The van der Waals surface area contributed by atoms with Crippen LogP contribution in [0.2, 0.25) is 0 Å². The molecule has 0 N–H and O–H groups in total. The summed E-state index contributed by atoms with van der Waals surface area (Å²) in [7, 11) is 0. The number of hydrogen-bond acceptors (Lipinski definition) is 1. The van der Waals surface area contributed by atoms with Crippen LogP contribution in [0, 0.1) is 11.3 Å². The van der Waals surface area contributed by atoms with Crippen molar-refractivity contribution in [3.8, 4) is 78.8 Å². The third-order valence-corrected chi connectivity index (χ3v) is 25.9. The molecule has 0 aliphatic rings. The predicted molar refractivity (Wildman–Crippen MR) is 532 cm³/mol. The Morgan fingerprint density at radius 2 is 0.400 bits per heavy atom. The number of rotatable bonds is 8. The first-order valence-electron chi connectivity index (χ1n) is 42.9. The molecule has 0 amide bonds. The maximum Gasteiger partial charge on any atom is 0.0991 e. The molecule has 580 valence electrons. The van der Waals surface area contributed by atoms with Crippen LogP contribution in [-0.2, 0) is 0 Å². The first-order chi connectivity index (χ1) is 62.1. The van der Waals surface area contributed by atoms with Gasteiger partial charge in [-0.15, -0.1) is 0 Å². The Labute approximate surface area is 721 Å². The van der Waals surface area contributed by atoms with Crippen LogP contribution in [0.3, 0.4) is 0 Å². The zero-order valence-corrected chi connectivity index (χ0v) is 68.2. The van der Waals surface area contributed by atoms with E-state index in [2.05, 4.69) is 469 Å². The molecule has 26 rings (SSSR count). The maximum atomic E-state index is 9.41. The molecule has 0 unspecified atom stereocenters. The molecule has 125 heavy (non-hydrogen) atoms. The molecule has 0 saturated heterocycles. The van der Waals surface area contributed by atoms with Crippen LogP contribution in [0.4, 0.5) is 0 Å². The average molecular weight is 1590 g/mol. The minimum absolute atomic E-state index is 0.661. The summed E-state index contributed by atoms with van der Waals surface area (Å²) in [5.41, 5.74) is 23.7. The Morgan fingerprint density at radius 1 is 0.152 bits per heavy atom. The third-order valence-electron chi connectivity index (χ3n) is 25.9. The molecule has 4 nitrogen and oxygen atoms in total. The normalized spacial score (nSPS) is 11.7. The lowest BCUT2D eigenvalue weighted by molar-refractivity contribution is 1.18. The van der Waals surface area contributed by atoms with Gasteiger partial charge in [0.05, 0.1) is 44.7 Å². The quantitative estimate of drug-likeness (QED) is 0.140. The standard InChI is InChI=1S/2C42H27N.C37H22N2/c1-3-14-28(15-4-1)30-18-13-19-31(26-30)43-39-25-12-11-24-36(39)41-40-34-22-9-7-20-32(34)37(29-16-5-2-6-17-29)27-38(40)33-21-8-10-23-35(33)42(41)43;1-3-13-28(14-4-1)29-23-25-31(26-24-29)43-39-22-12-11-21-36(39)41-40-34-19-9-7-17-32(34)37(30-15-5-2-6-16-30)27-38(40)33-18-8-10-20-35(33)42(41)43;38-23-24-18-20-26(21-19-24)39-34-17-9-8-16-31(34)36-35-29-14-6-4-12-27(29)32(25-10-2-1-3-11-25)22-33(35)28-13-5-7-15-30(28)37(36)39/h2*1-27H;1-22H. The number of nitrogens with zero attached hydrogens (tertiary/aromatic N) is 4. The van der Waals surface area contributed by atoms with Gasteiger partial charge in [-0.2, -0.15) is 5.26 Å². The molecule has 0 atom stereocenters. The number of aromatic nitrogens is 3. The molecule has 4 heteroatoms. The smallest absolute Gasteiger partial charge is 0.0991 e. The Kier molecular flexibility index (Phi) is 17.3. The number of fused-ring (bicyclic) bond motifs is 30. The van der Waals surface area contributed by atoms with Crippen molar-refractivity contribution in [1.29, 1.82) is 5.26 Å². The van der Waals surface area contributed by atoms with Crippen molar-refractivity contribution in [2.45, 2.75) is 0 Å². The van der Waals surface area contributed by atoms with Crippen LogP contribution in [-0.4, -0.2) is 13.7 Å². The summed E-state index contributed by atoms with van der Waals surface area (Å²) < 4.78 is 7.33. The summed E-state index contributed by atoms with van der Waals surface area (Å²) in [5.74, 6) is 0. The van der Waals surface area contributed by atoms with E-state index in [1.54, 1.807) is 0 Å². The van der Waals surface area contributed by atoms with Crippen LogP contribution >= 0.6 is 0 Å². The summed E-state index contributed by atoms with van der Waals surface area (Å²) >= 11 is 0. The molecule has 0 aliphatic heterocycles. The van der Waals surface area contributed by atoms with E-state index in [0.29, 0.717) is 5.56 Å². The summed E-state index contributed by atoms with van der Waals surface area (Å²) in [6, 6.07) is 169. The van der Waals surface area contributed by atoms with Crippen molar-refractivity contribution < 1.29 is 0 Å². The largest absolute Gasteiger partial charge is 0.309 e. The minimum Gasteiger partial charge on any atom is -0.309 e. The van der Waals surface area contributed by atoms with Crippen LogP contribution in [0.15, 0.2) is 461 Å². The summed E-state index contributed by atoms with van der Waals surface area (Å²) in [5, 5.41) is 40.0. The van der Waals surface area contributed by atoms with E-state index in [1.807, 2.05) is 12.1 Å². The van der Waals surface area contributed by atoms with Gasteiger partial charge < -0.3 is 13.7 Å². The molecular weight excluding hydrogens is 1510 g/mol. The molecule has 0 radical (unpaired) electrons. The van der Waals surface area contributed by atoms with Gasteiger partial charge in [-0.05, 0) is 205 Å². The highest BCUT2D eigenvalue weighted by molar-refractivity contribution is 6.41. The molecule has 0 fully saturated rings. The molecule has 0 bridgehead atoms. The Balaban J connectivity index is 0.000000105. The minimum atomic E-state index is 0.661. The van der Waals surface area contributed by atoms with Crippen LogP contribution in [0.25, 0.3) is 235 Å². The van der Waals surface area contributed by atoms with E-state index in [-0.39, 0.29) is 0 Å². The lowest BCUT2D eigenvalue weighted by atomic mass is 9.88. The van der Waals surface area contributed by atoms with E-state index in [4.69, 9.17) is 0 Å². The van der Waals surface area contributed by atoms with Crippen molar-refractivity contribution in [3.63, 3.8) is 0 Å². The molecular formula is C121H76N4. The zero-order chi connectivity index (χ0) is 82.6. The first-order valence-corrected chi connectivity index (χ1v) is 42.9. The monoisotopic (exact) mass is 1580 g/mol. The van der Waals surface area contributed by atoms with Gasteiger partial charge in [0, 0.05) is 81.7 Å². The zero-order valence-electron chi connectivity index (χ0n) is 68.2. The van der Waals surface area contributed by atoms with Crippen molar-refractivity contribution in [2.24, 2.45) is 0 Å². The second-order valence-corrected chi connectivity index (χ2v) is 32.6. The molecule has 3 aromatic heterocycles. The molecule has 23 aromatic carbocycles. The summed E-state index contributed by atoms with van der Waals surface area (Å²) in [4.78, 5) is 0. The lowest BCUT2D eigenvalue weighted by Crippen LogP contribution is -1.96. The van der Waals surface area contributed by atoms with Gasteiger partial charge >= 0.3 is 0 Å². The number of para-hydroxylation sites is 3. The molecule has 0 spiro atoms. The fourth-order valence-corrected chi connectivity index (χ4v) is 20.5. The number of nitriles is 1. The van der Waals surface area contributed by atoms with Crippen molar-refractivity contribution in [3.05, 3.63) is 467 Å². The van der Waals surface area contributed by atoms with E-state index >= 15 is 0 Å². The maximum absolute atomic E-state index is 9.41. The molecule has 0 saturated carbocycles. The van der Waals surface area contributed by atoms with E-state index in [9.17, 15) is 5.26 Å². The number of benzene rings is 23. The van der Waals surface area contributed by atoms with Gasteiger partial charge in [0.25, 0.3) is 0 Å². The summed E-state index contributed by atoms with van der Waals surface area (Å²) in [6.07, 6.45) is 0. The predicted octanol–water partition coefficient (Wildman–Crippen LogP) is 32.9. The van der Waals surface area contributed by atoms with Gasteiger partial charge in [0.15, 0.2) is 0 Å². The van der Waals surface area contributed by atoms with Crippen molar-refractivity contribution in [2.75, 3.05) is 0 Å². The van der Waals surface area contributed by atoms with Gasteiger partial charge in [-0.3, -0.25) is 0 Å². The van der Waals surface area contributed by atoms with E-state index in [1.165, 1.54) is 224 Å². The van der Waals surface area contributed by atoms with E-state index < -0.39 is 0 Å². The Bertz CT molecular complexity index is 8870. The van der Waals surface area contributed by atoms with Gasteiger partial charge in [-0.1, -0.05) is 376 Å². The third kappa shape index (κ3) is 11.7. The van der Waals surface area contributed by atoms with Crippen molar-refractivity contribution >= 4 is 162 Å². The highest BCUT2D eigenvalue weighted by atomic mass is 15.0. The van der Waals surface area contributed by atoms with Crippen LogP contribution < -0.4 is 0 Å². The Hall–Kier alpha value is -16.7. The highest BCUT2D eigenvalue weighted by Crippen LogP contribution is 2.52. The van der Waals surface area contributed by atoms with Gasteiger partial charge in [0.2, 0.25) is 0 Å².